The summed E-state index contributed by atoms with van der Waals surface area (Å²) >= 11 is 0. The van der Waals surface area contributed by atoms with Crippen LogP contribution < -0.4 is 5.32 Å². The van der Waals surface area contributed by atoms with Gasteiger partial charge in [0, 0.05) is 11.8 Å². The summed E-state index contributed by atoms with van der Waals surface area (Å²) in [6, 6.07) is 13.7. The van der Waals surface area contributed by atoms with Crippen molar-refractivity contribution in [3.05, 3.63) is 70.8 Å². The normalized spacial score (nSPS) is 12.8. The topological polar surface area (TPSA) is 55.4 Å². The Morgan fingerprint density at radius 1 is 1.12 bits per heavy atom. The molecule has 2 aromatic rings. The second kappa shape index (κ2) is 7.79. The number of anilines is 1. The molecule has 0 aliphatic heterocycles. The predicted octanol–water partition coefficient (Wildman–Crippen LogP) is 3.68. The highest BCUT2D eigenvalue weighted by molar-refractivity contribution is 5.94. The van der Waals surface area contributed by atoms with E-state index in [2.05, 4.69) is 11.4 Å². The van der Waals surface area contributed by atoms with Crippen molar-refractivity contribution in [2.75, 3.05) is 11.9 Å². The molecule has 0 saturated heterocycles. The molecular weight excluding hydrogens is 314 g/mol. The van der Waals surface area contributed by atoms with Crippen LogP contribution in [0.5, 0.6) is 0 Å². The SMILES string of the molecule is Cc1cccc(/C=C/C(=O)OCC(=O)Nc2ccc3c(c2)CCC3)c1. The number of carbonyl (C=O) groups excluding carboxylic acids is 2. The van der Waals surface area contributed by atoms with Gasteiger partial charge in [-0.05, 0) is 61.1 Å². The molecule has 0 spiro atoms. The predicted molar refractivity (Wildman–Crippen MR) is 98.3 cm³/mol. The van der Waals surface area contributed by atoms with Gasteiger partial charge in [0.25, 0.3) is 5.91 Å². The van der Waals surface area contributed by atoms with E-state index in [1.165, 1.54) is 17.2 Å². The average molecular weight is 335 g/mol. The van der Waals surface area contributed by atoms with Crippen LogP contribution in [0.2, 0.25) is 0 Å². The molecule has 128 valence electrons. The molecule has 0 fully saturated rings. The molecule has 1 aliphatic carbocycles. The lowest BCUT2D eigenvalue weighted by molar-refractivity contribution is -0.142. The maximum atomic E-state index is 11.9. The van der Waals surface area contributed by atoms with Gasteiger partial charge >= 0.3 is 5.97 Å². The van der Waals surface area contributed by atoms with Crippen LogP contribution in [0.25, 0.3) is 6.08 Å². The molecule has 0 unspecified atom stereocenters. The average Bonchev–Trinajstić information content (AvgIpc) is 3.06. The Bertz CT molecular complexity index is 824. The highest BCUT2D eigenvalue weighted by Crippen LogP contribution is 2.24. The lowest BCUT2D eigenvalue weighted by Crippen LogP contribution is -2.20. The third kappa shape index (κ3) is 4.80. The van der Waals surface area contributed by atoms with Crippen LogP contribution >= 0.6 is 0 Å². The first-order valence-electron chi connectivity index (χ1n) is 8.43. The fourth-order valence-electron chi connectivity index (χ4n) is 2.97. The van der Waals surface area contributed by atoms with Crippen molar-refractivity contribution in [3.63, 3.8) is 0 Å². The van der Waals surface area contributed by atoms with E-state index >= 15 is 0 Å². The number of nitrogens with one attached hydrogen (secondary N) is 1. The maximum Gasteiger partial charge on any atom is 0.331 e. The minimum absolute atomic E-state index is 0.298. The molecule has 0 heterocycles. The summed E-state index contributed by atoms with van der Waals surface area (Å²) in [6.45, 7) is 1.69. The van der Waals surface area contributed by atoms with Crippen LogP contribution in [-0.4, -0.2) is 18.5 Å². The smallest absolute Gasteiger partial charge is 0.331 e. The lowest BCUT2D eigenvalue weighted by Gasteiger charge is -2.07. The number of benzene rings is 2. The number of hydrogen-bond acceptors (Lipinski definition) is 3. The van der Waals surface area contributed by atoms with Gasteiger partial charge in [0.1, 0.15) is 0 Å². The Morgan fingerprint density at radius 3 is 2.80 bits per heavy atom. The largest absolute Gasteiger partial charge is 0.452 e. The summed E-state index contributed by atoms with van der Waals surface area (Å²) < 4.78 is 4.98. The Morgan fingerprint density at radius 2 is 1.96 bits per heavy atom. The van der Waals surface area contributed by atoms with Gasteiger partial charge in [-0.1, -0.05) is 35.9 Å². The lowest BCUT2D eigenvalue weighted by atomic mass is 10.1. The summed E-state index contributed by atoms with van der Waals surface area (Å²) in [4.78, 5) is 23.6. The molecule has 25 heavy (non-hydrogen) atoms. The van der Waals surface area contributed by atoms with E-state index in [-0.39, 0.29) is 12.5 Å². The minimum Gasteiger partial charge on any atom is -0.452 e. The number of carbonyl (C=O) groups is 2. The molecule has 3 rings (SSSR count). The minimum atomic E-state index is -0.536. The third-order valence-electron chi connectivity index (χ3n) is 4.18. The third-order valence-corrected chi connectivity index (χ3v) is 4.18. The number of ether oxygens (including phenoxy) is 1. The first-order valence-corrected chi connectivity index (χ1v) is 8.43. The summed E-state index contributed by atoms with van der Waals surface area (Å²) in [5.41, 5.74) is 5.42. The van der Waals surface area contributed by atoms with E-state index in [4.69, 9.17) is 4.74 Å². The van der Waals surface area contributed by atoms with Crippen molar-refractivity contribution >= 4 is 23.6 Å². The van der Waals surface area contributed by atoms with Gasteiger partial charge < -0.3 is 10.1 Å². The van der Waals surface area contributed by atoms with Crippen LogP contribution in [0, 0.1) is 6.92 Å². The van der Waals surface area contributed by atoms with Gasteiger partial charge in [0.2, 0.25) is 0 Å². The van der Waals surface area contributed by atoms with E-state index in [0.29, 0.717) is 0 Å². The zero-order chi connectivity index (χ0) is 17.6. The maximum absolute atomic E-state index is 11.9. The zero-order valence-electron chi connectivity index (χ0n) is 14.2. The first-order chi connectivity index (χ1) is 12.1. The fourth-order valence-corrected chi connectivity index (χ4v) is 2.97. The Balaban J connectivity index is 1.48. The highest BCUT2D eigenvalue weighted by atomic mass is 16.5. The van der Waals surface area contributed by atoms with Crippen molar-refractivity contribution in [1.82, 2.24) is 0 Å². The molecule has 4 nitrogen and oxygen atoms in total. The standard InChI is InChI=1S/C21H21NO3/c1-15-4-2-5-16(12-15)8-11-21(24)25-14-20(23)22-19-10-9-17-6-3-7-18(17)13-19/h2,4-5,8-13H,3,6-7,14H2,1H3,(H,22,23)/b11-8+. The van der Waals surface area contributed by atoms with Crippen molar-refractivity contribution < 1.29 is 14.3 Å². The number of fused-ring (bicyclic) bond motifs is 1. The summed E-state index contributed by atoms with van der Waals surface area (Å²) in [7, 11) is 0. The van der Waals surface area contributed by atoms with E-state index < -0.39 is 5.97 Å². The molecule has 0 saturated carbocycles. The van der Waals surface area contributed by atoms with Gasteiger partial charge in [-0.25, -0.2) is 4.79 Å². The van der Waals surface area contributed by atoms with Gasteiger partial charge in [-0.3, -0.25) is 4.79 Å². The van der Waals surface area contributed by atoms with Crippen molar-refractivity contribution in [1.29, 1.82) is 0 Å². The second-order valence-corrected chi connectivity index (χ2v) is 6.24. The van der Waals surface area contributed by atoms with Crippen molar-refractivity contribution in [3.8, 4) is 0 Å². The molecule has 4 heteroatoms. The molecule has 1 amide bonds. The van der Waals surface area contributed by atoms with Crippen LogP contribution in [0.4, 0.5) is 5.69 Å². The number of esters is 1. The second-order valence-electron chi connectivity index (χ2n) is 6.24. The van der Waals surface area contributed by atoms with Crippen LogP contribution in [-0.2, 0) is 27.2 Å². The first kappa shape index (κ1) is 17.0. The number of amides is 1. The van der Waals surface area contributed by atoms with Gasteiger partial charge in [0.15, 0.2) is 6.61 Å². The quantitative estimate of drug-likeness (QED) is 0.670. The highest BCUT2D eigenvalue weighted by Gasteiger charge is 2.12. The molecular formula is C21H21NO3. The Labute approximate surface area is 147 Å². The monoisotopic (exact) mass is 335 g/mol. The summed E-state index contributed by atoms with van der Waals surface area (Å²) in [5, 5.41) is 2.77. The number of aryl methyl sites for hydroxylation is 3. The number of rotatable bonds is 5. The summed E-state index contributed by atoms with van der Waals surface area (Å²) in [6.07, 6.45) is 6.33. The molecule has 0 radical (unpaired) electrons. The molecule has 0 aromatic heterocycles. The van der Waals surface area contributed by atoms with E-state index in [1.54, 1.807) is 6.08 Å². The van der Waals surface area contributed by atoms with Gasteiger partial charge in [-0.15, -0.1) is 0 Å². The zero-order valence-corrected chi connectivity index (χ0v) is 14.2. The van der Waals surface area contributed by atoms with Crippen LogP contribution in [0.15, 0.2) is 48.5 Å². The van der Waals surface area contributed by atoms with E-state index in [0.717, 1.165) is 36.1 Å². The fraction of sp³-hybridized carbons (Fsp3) is 0.238. The van der Waals surface area contributed by atoms with Crippen molar-refractivity contribution in [2.45, 2.75) is 26.2 Å². The van der Waals surface area contributed by atoms with E-state index in [9.17, 15) is 9.59 Å². The van der Waals surface area contributed by atoms with Crippen LogP contribution in [0.3, 0.4) is 0 Å². The van der Waals surface area contributed by atoms with Crippen molar-refractivity contribution in [2.24, 2.45) is 0 Å². The van der Waals surface area contributed by atoms with Gasteiger partial charge in [-0.2, -0.15) is 0 Å². The molecule has 1 N–H and O–H groups in total. The molecule has 0 atom stereocenters. The molecule has 1 aliphatic rings. The number of hydrogen-bond donors (Lipinski definition) is 1. The van der Waals surface area contributed by atoms with Crippen LogP contribution in [0.1, 0.15) is 28.7 Å². The molecule has 2 aromatic carbocycles. The van der Waals surface area contributed by atoms with E-state index in [1.807, 2.05) is 43.3 Å². The Kier molecular flexibility index (Phi) is 5.29. The Hall–Kier alpha value is -2.88. The summed E-state index contributed by atoms with van der Waals surface area (Å²) in [5.74, 6) is -0.874. The molecule has 0 bridgehead atoms. The van der Waals surface area contributed by atoms with Gasteiger partial charge in [0.05, 0.1) is 0 Å².